The van der Waals surface area contributed by atoms with Crippen molar-refractivity contribution in [3.8, 4) is 0 Å². The fourth-order valence-electron chi connectivity index (χ4n) is 7.80. The van der Waals surface area contributed by atoms with Crippen molar-refractivity contribution in [2.45, 2.75) is 199 Å². The van der Waals surface area contributed by atoms with Gasteiger partial charge in [0.05, 0.1) is 35.6 Å². The van der Waals surface area contributed by atoms with Gasteiger partial charge in [0, 0.05) is 48.5 Å². The average molecular weight is 995 g/mol. The molecule has 3 aliphatic rings. The summed E-state index contributed by atoms with van der Waals surface area (Å²) in [4.78, 5) is 64.3. The fourth-order valence-corrected chi connectivity index (χ4v) is 11.2. The molecule has 18 heteroatoms. The summed E-state index contributed by atoms with van der Waals surface area (Å²) in [7, 11) is 0. The Hall–Kier alpha value is -1.46. The van der Waals surface area contributed by atoms with Crippen LogP contribution in [0.3, 0.4) is 0 Å². The van der Waals surface area contributed by atoms with E-state index in [-0.39, 0.29) is 94.5 Å². The Labute approximate surface area is 406 Å². The molecule has 13 nitrogen and oxygen atoms in total. The topological polar surface area (TPSA) is 166 Å². The van der Waals surface area contributed by atoms with Gasteiger partial charge in [0.2, 0.25) is 0 Å². The molecule has 3 heterocycles. The maximum absolute atomic E-state index is 12.5. The summed E-state index contributed by atoms with van der Waals surface area (Å²) >= 11 is 4.93. The Balaban J connectivity index is 0. The number of thioether (sulfide) groups is 3. The van der Waals surface area contributed by atoms with Gasteiger partial charge in [-0.3, -0.25) is 14.4 Å². The number of nitrogens with zero attached hydrogens (tertiary/aromatic N) is 2. The molecule has 0 saturated carbocycles. The SMILES string of the molecule is CS[C@@H]([C@@H]1CCC[NH2+]1)[C@@H](C)C(=O)O.CS[C@H]([C@@H](C)C(=O)OC(C)(C)C)[C@@H]1CCCN1C(=O)OC(C)(C)C.CS[C@H]([C@H](C)C(=O)OC(C)(C)C)[C@@H]1CCCN1C(=O)OC(C)(C)C.Cl.[Cl-]. The van der Waals surface area contributed by atoms with E-state index in [1.54, 1.807) is 45.1 Å². The van der Waals surface area contributed by atoms with Gasteiger partial charge in [-0.2, -0.15) is 35.3 Å². The number of rotatable bonds is 12. The minimum absolute atomic E-state index is 0. The minimum atomic E-state index is -0.667. The van der Waals surface area contributed by atoms with Crippen molar-refractivity contribution in [2.75, 3.05) is 38.4 Å². The molecule has 0 aromatic rings. The Morgan fingerprint density at radius 3 is 1.14 bits per heavy atom. The number of amides is 2. The van der Waals surface area contributed by atoms with Crippen LogP contribution in [-0.4, -0.2) is 140 Å². The van der Waals surface area contributed by atoms with Gasteiger partial charge < -0.3 is 51.6 Å². The lowest BCUT2D eigenvalue weighted by molar-refractivity contribution is -0.669. The second-order valence-electron chi connectivity index (χ2n) is 20.5. The fraction of sp³-hybridized carbons (Fsp3) is 0.889. The zero-order valence-electron chi connectivity index (χ0n) is 41.7. The van der Waals surface area contributed by atoms with E-state index in [2.05, 4.69) is 5.32 Å². The summed E-state index contributed by atoms with van der Waals surface area (Å²) in [5.74, 6) is -1.88. The lowest BCUT2D eigenvalue weighted by Crippen LogP contribution is -3.00. The maximum atomic E-state index is 12.5. The average Bonchev–Trinajstić information content (AvgIpc) is 3.90. The van der Waals surface area contributed by atoms with Gasteiger partial charge in [-0.25, -0.2) is 9.59 Å². The van der Waals surface area contributed by atoms with Crippen LogP contribution in [0.1, 0.15) is 142 Å². The Bertz CT molecular complexity index is 1330. The maximum Gasteiger partial charge on any atom is 0.410 e. The van der Waals surface area contributed by atoms with Crippen LogP contribution in [0.15, 0.2) is 0 Å². The van der Waals surface area contributed by atoms with E-state index in [4.69, 9.17) is 24.1 Å². The van der Waals surface area contributed by atoms with Crippen LogP contribution in [-0.2, 0) is 33.3 Å². The van der Waals surface area contributed by atoms with Crippen molar-refractivity contribution < 1.29 is 65.8 Å². The van der Waals surface area contributed by atoms with Gasteiger partial charge in [0.15, 0.2) is 0 Å². The molecule has 0 bridgehead atoms. The first-order valence-corrected chi connectivity index (χ1v) is 25.8. The lowest BCUT2D eigenvalue weighted by Gasteiger charge is -2.35. The van der Waals surface area contributed by atoms with E-state index in [0.29, 0.717) is 19.1 Å². The number of carbonyl (C=O) groups excluding carboxylic acids is 4. The monoisotopic (exact) mass is 993 g/mol. The van der Waals surface area contributed by atoms with E-state index >= 15 is 0 Å². The van der Waals surface area contributed by atoms with Crippen LogP contribution in [0.5, 0.6) is 0 Å². The van der Waals surface area contributed by atoms with E-state index in [1.807, 2.05) is 123 Å². The number of carboxylic acid groups (broad SMARTS) is 1. The molecular weight excluding hydrogens is 910 g/mol. The first-order chi connectivity index (χ1) is 27.9. The van der Waals surface area contributed by atoms with Crippen molar-refractivity contribution in [1.29, 1.82) is 0 Å². The largest absolute Gasteiger partial charge is 1.00 e. The number of hydrogen-bond donors (Lipinski definition) is 2. The molecule has 3 N–H and O–H groups in total. The predicted molar refractivity (Wildman–Crippen MR) is 258 cm³/mol. The van der Waals surface area contributed by atoms with E-state index in [9.17, 15) is 24.0 Å². The first-order valence-electron chi connectivity index (χ1n) is 22.0. The zero-order chi connectivity index (χ0) is 47.3. The van der Waals surface area contributed by atoms with Crippen LogP contribution in [0.2, 0.25) is 0 Å². The van der Waals surface area contributed by atoms with Crippen molar-refractivity contribution in [2.24, 2.45) is 17.8 Å². The lowest BCUT2D eigenvalue weighted by atomic mass is 9.99. The van der Waals surface area contributed by atoms with E-state index in [0.717, 1.165) is 32.2 Å². The third-order valence-electron chi connectivity index (χ3n) is 10.5. The Morgan fingerprint density at radius 1 is 0.556 bits per heavy atom. The summed E-state index contributed by atoms with van der Waals surface area (Å²) in [6.07, 6.45) is 11.4. The normalized spacial score (nSPS) is 21.8. The molecule has 0 spiro atoms. The smallest absolute Gasteiger partial charge is 0.410 e. The van der Waals surface area contributed by atoms with E-state index < -0.39 is 28.4 Å². The number of likely N-dealkylation sites (tertiary alicyclic amines) is 2. The van der Waals surface area contributed by atoms with Crippen LogP contribution in [0.4, 0.5) is 9.59 Å². The standard InChI is InChI=1S/2C18H33NO4S.C9H17NO2S.2ClH/c2*1-12(15(20)22-17(2,3)4)14(24-8)13-10-9-11-19(13)16(21)23-18(5,6)7;1-6(9(11)12)8(13-2)7-4-3-5-10-7;;/h2*12-14H,9-11H2,1-8H3;6-8,10H,3-5H2,1-2H3,(H,11,12);2*1H/t12-,13+,14-;12-,13-,14+;6-,7+,8-;;/m101../s1. The second kappa shape index (κ2) is 28.0. The number of aliphatic carboxylic acids is 1. The minimum Gasteiger partial charge on any atom is -1.00 e. The molecule has 63 heavy (non-hydrogen) atoms. The molecule has 2 amide bonds. The summed E-state index contributed by atoms with van der Waals surface area (Å²) in [6, 6.07) is 0.510. The highest BCUT2D eigenvalue weighted by Crippen LogP contribution is 2.35. The van der Waals surface area contributed by atoms with Crippen LogP contribution in [0, 0.1) is 17.8 Å². The third kappa shape index (κ3) is 22.7. The number of esters is 2. The van der Waals surface area contributed by atoms with Crippen LogP contribution >= 0.6 is 47.7 Å². The molecular formula is C45H85Cl2N3O10S3. The molecule has 0 aliphatic carbocycles. The van der Waals surface area contributed by atoms with Crippen LogP contribution < -0.4 is 17.7 Å². The van der Waals surface area contributed by atoms with Crippen molar-refractivity contribution in [3.63, 3.8) is 0 Å². The molecule has 3 saturated heterocycles. The Morgan fingerprint density at radius 2 is 0.889 bits per heavy atom. The van der Waals surface area contributed by atoms with Gasteiger partial charge >= 0.3 is 30.1 Å². The summed E-state index contributed by atoms with van der Waals surface area (Å²) < 4.78 is 22.1. The number of nitrogens with two attached hydrogens (primary N) is 1. The van der Waals surface area contributed by atoms with Crippen molar-refractivity contribution >= 4 is 77.8 Å². The molecule has 0 unspecified atom stereocenters. The number of quaternary nitrogens is 1. The highest BCUT2D eigenvalue weighted by atomic mass is 35.5. The van der Waals surface area contributed by atoms with Gasteiger partial charge in [-0.15, -0.1) is 12.4 Å². The number of carboxylic acids is 1. The molecule has 3 rings (SSSR count). The summed E-state index contributed by atoms with van der Waals surface area (Å²) in [5.41, 5.74) is -2.05. The first kappa shape index (κ1) is 63.6. The zero-order valence-corrected chi connectivity index (χ0v) is 45.7. The number of ether oxygens (including phenoxy) is 4. The van der Waals surface area contributed by atoms with Crippen LogP contribution in [0.25, 0.3) is 0 Å². The molecule has 0 aromatic carbocycles. The quantitative estimate of drug-likeness (QED) is 0.179. The van der Waals surface area contributed by atoms with E-state index in [1.165, 1.54) is 12.8 Å². The Kier molecular flexibility index (Phi) is 28.3. The highest BCUT2D eigenvalue weighted by Gasteiger charge is 2.43. The highest BCUT2D eigenvalue weighted by molar-refractivity contribution is 7.99. The predicted octanol–water partition coefficient (Wildman–Crippen LogP) is 5.78. The second-order valence-corrected chi connectivity index (χ2v) is 23.5. The van der Waals surface area contributed by atoms with Gasteiger partial charge in [0.25, 0.3) is 0 Å². The molecule has 9 atom stereocenters. The third-order valence-corrected chi connectivity index (χ3v) is 14.3. The van der Waals surface area contributed by atoms with Crippen molar-refractivity contribution in [1.82, 2.24) is 9.80 Å². The summed E-state index contributed by atoms with van der Waals surface area (Å²) in [6.45, 7) is 30.5. The summed E-state index contributed by atoms with van der Waals surface area (Å²) in [5, 5.41) is 11.5. The van der Waals surface area contributed by atoms with Crippen molar-refractivity contribution in [3.05, 3.63) is 0 Å². The number of hydrogen-bond acceptors (Lipinski definition) is 12. The molecule has 3 aliphatic heterocycles. The van der Waals surface area contributed by atoms with Gasteiger partial charge in [-0.1, -0.05) is 20.8 Å². The molecule has 3 fully saturated rings. The molecule has 0 radical (unpaired) electrons. The van der Waals surface area contributed by atoms with Gasteiger partial charge in [-0.05, 0) is 128 Å². The molecule has 372 valence electrons. The number of halogens is 2. The number of carbonyl (C=O) groups is 5. The molecule has 0 aromatic heterocycles. The van der Waals surface area contributed by atoms with Gasteiger partial charge in [0.1, 0.15) is 22.4 Å².